The summed E-state index contributed by atoms with van der Waals surface area (Å²) in [6.45, 7) is 7.19. The summed E-state index contributed by atoms with van der Waals surface area (Å²) in [4.78, 5) is 28.0. The molecule has 0 radical (unpaired) electrons. The minimum absolute atomic E-state index is 0.0234. The highest BCUT2D eigenvalue weighted by atomic mass is 127. The number of halogens is 1. The van der Waals surface area contributed by atoms with Crippen LogP contribution in [0.25, 0.3) is 0 Å². The molecule has 0 bridgehead atoms. The second-order valence-corrected chi connectivity index (χ2v) is 8.83. The predicted molar refractivity (Wildman–Crippen MR) is 109 cm³/mol. The van der Waals surface area contributed by atoms with E-state index in [2.05, 4.69) is 34.4 Å². The van der Waals surface area contributed by atoms with Gasteiger partial charge in [-0.3, -0.25) is 14.9 Å². The highest BCUT2D eigenvalue weighted by Gasteiger charge is 2.28. The number of hydrogen-bond acceptors (Lipinski definition) is 4. The molecule has 142 valence electrons. The van der Waals surface area contributed by atoms with Crippen LogP contribution in [0.3, 0.4) is 0 Å². The molecule has 1 unspecified atom stereocenters. The fourth-order valence-electron chi connectivity index (χ4n) is 3.97. The van der Waals surface area contributed by atoms with Gasteiger partial charge in [-0.05, 0) is 79.3 Å². The van der Waals surface area contributed by atoms with Gasteiger partial charge in [-0.2, -0.15) is 0 Å². The fraction of sp³-hybridized carbons (Fsp3) is 0.632. The van der Waals surface area contributed by atoms with Gasteiger partial charge < -0.3 is 9.80 Å². The van der Waals surface area contributed by atoms with Crippen molar-refractivity contribution >= 4 is 34.2 Å². The van der Waals surface area contributed by atoms with Crippen LogP contribution in [-0.2, 0) is 0 Å². The SMILES string of the molecule is CC1CCN(CC2CCCN(C(=O)c3cc([N+](=O)[O-])ccc3I)C2)CC1. The van der Waals surface area contributed by atoms with Gasteiger partial charge in [0.1, 0.15) is 0 Å². The van der Waals surface area contributed by atoms with Crippen molar-refractivity contribution in [1.82, 2.24) is 9.80 Å². The van der Waals surface area contributed by atoms with Crippen molar-refractivity contribution in [2.75, 3.05) is 32.7 Å². The highest BCUT2D eigenvalue weighted by molar-refractivity contribution is 14.1. The number of likely N-dealkylation sites (tertiary alicyclic amines) is 2. The van der Waals surface area contributed by atoms with Crippen LogP contribution in [-0.4, -0.2) is 53.4 Å². The van der Waals surface area contributed by atoms with Crippen LogP contribution in [0.2, 0.25) is 0 Å². The number of carbonyl (C=O) groups is 1. The average Bonchev–Trinajstić information content (AvgIpc) is 2.63. The number of hydrogen-bond donors (Lipinski definition) is 0. The first-order valence-electron chi connectivity index (χ1n) is 9.39. The van der Waals surface area contributed by atoms with Crippen molar-refractivity contribution in [1.29, 1.82) is 0 Å². The second-order valence-electron chi connectivity index (χ2n) is 7.66. The highest BCUT2D eigenvalue weighted by Crippen LogP contribution is 2.25. The van der Waals surface area contributed by atoms with Gasteiger partial charge in [0, 0.05) is 35.3 Å². The quantitative estimate of drug-likeness (QED) is 0.381. The molecule has 2 aliphatic heterocycles. The molecule has 1 aromatic rings. The lowest BCUT2D eigenvalue weighted by molar-refractivity contribution is -0.384. The topological polar surface area (TPSA) is 66.7 Å². The Balaban J connectivity index is 1.64. The minimum atomic E-state index is -0.441. The Morgan fingerprint density at radius 3 is 2.69 bits per heavy atom. The molecule has 26 heavy (non-hydrogen) atoms. The van der Waals surface area contributed by atoms with Crippen molar-refractivity contribution in [3.05, 3.63) is 37.4 Å². The van der Waals surface area contributed by atoms with Gasteiger partial charge in [0.05, 0.1) is 10.5 Å². The molecule has 0 spiro atoms. The van der Waals surface area contributed by atoms with Crippen LogP contribution in [0.1, 0.15) is 43.0 Å². The molecular formula is C19H26IN3O3. The van der Waals surface area contributed by atoms with E-state index >= 15 is 0 Å². The molecule has 0 N–H and O–H groups in total. The summed E-state index contributed by atoms with van der Waals surface area (Å²) in [5.74, 6) is 1.25. The zero-order valence-corrected chi connectivity index (χ0v) is 17.4. The molecule has 2 fully saturated rings. The van der Waals surface area contributed by atoms with Crippen molar-refractivity contribution in [2.45, 2.75) is 32.6 Å². The third-order valence-electron chi connectivity index (χ3n) is 5.59. The molecule has 2 aliphatic rings. The summed E-state index contributed by atoms with van der Waals surface area (Å²) in [7, 11) is 0. The van der Waals surface area contributed by atoms with Crippen molar-refractivity contribution in [3.8, 4) is 0 Å². The van der Waals surface area contributed by atoms with E-state index < -0.39 is 4.92 Å². The molecule has 7 heteroatoms. The molecule has 0 aliphatic carbocycles. The Kier molecular flexibility index (Phi) is 6.50. The Hall–Kier alpha value is -1.22. The standard InChI is InChI=1S/C19H26IN3O3/c1-14-6-9-21(10-7-14)12-15-3-2-8-22(13-15)19(24)17-11-16(23(25)26)4-5-18(17)20/h4-5,11,14-15H,2-3,6-10,12-13H2,1H3. The number of amides is 1. The monoisotopic (exact) mass is 471 g/mol. The number of benzene rings is 1. The molecular weight excluding hydrogens is 445 g/mol. The number of nitrogens with zero attached hydrogens (tertiary/aromatic N) is 3. The zero-order chi connectivity index (χ0) is 18.7. The first-order valence-corrected chi connectivity index (χ1v) is 10.5. The van der Waals surface area contributed by atoms with E-state index in [-0.39, 0.29) is 11.6 Å². The van der Waals surface area contributed by atoms with Crippen LogP contribution < -0.4 is 0 Å². The molecule has 2 heterocycles. The Bertz CT molecular complexity index is 674. The zero-order valence-electron chi connectivity index (χ0n) is 15.2. The molecule has 2 saturated heterocycles. The smallest absolute Gasteiger partial charge is 0.270 e. The predicted octanol–water partition coefficient (Wildman–Crippen LogP) is 3.78. The Morgan fingerprint density at radius 2 is 2.00 bits per heavy atom. The van der Waals surface area contributed by atoms with Crippen LogP contribution in [0.4, 0.5) is 5.69 Å². The van der Waals surface area contributed by atoms with E-state index in [1.165, 1.54) is 25.0 Å². The number of nitro benzene ring substituents is 1. The molecule has 1 aromatic carbocycles. The molecule has 6 nitrogen and oxygen atoms in total. The van der Waals surface area contributed by atoms with Crippen molar-refractivity contribution in [3.63, 3.8) is 0 Å². The van der Waals surface area contributed by atoms with Gasteiger partial charge in [0.25, 0.3) is 11.6 Å². The number of piperidine rings is 2. The maximum Gasteiger partial charge on any atom is 0.270 e. The average molecular weight is 471 g/mol. The van der Waals surface area contributed by atoms with E-state index in [4.69, 9.17) is 0 Å². The van der Waals surface area contributed by atoms with E-state index in [9.17, 15) is 14.9 Å². The van der Waals surface area contributed by atoms with E-state index in [0.29, 0.717) is 11.5 Å². The molecule has 3 rings (SSSR count). The summed E-state index contributed by atoms with van der Waals surface area (Å²) in [5, 5.41) is 11.0. The maximum atomic E-state index is 13.0. The summed E-state index contributed by atoms with van der Waals surface area (Å²) < 4.78 is 0.769. The van der Waals surface area contributed by atoms with E-state index in [1.807, 2.05) is 4.90 Å². The van der Waals surface area contributed by atoms with Gasteiger partial charge in [0.2, 0.25) is 0 Å². The van der Waals surface area contributed by atoms with Crippen LogP contribution >= 0.6 is 22.6 Å². The normalized spacial score (nSPS) is 22.4. The van der Waals surface area contributed by atoms with Crippen LogP contribution in [0, 0.1) is 25.5 Å². The Labute approximate surface area is 168 Å². The van der Waals surface area contributed by atoms with Gasteiger partial charge >= 0.3 is 0 Å². The number of nitro groups is 1. The number of rotatable bonds is 4. The number of carbonyl (C=O) groups excluding carboxylic acids is 1. The van der Waals surface area contributed by atoms with Crippen molar-refractivity contribution in [2.24, 2.45) is 11.8 Å². The Morgan fingerprint density at radius 1 is 1.27 bits per heavy atom. The van der Waals surface area contributed by atoms with Gasteiger partial charge in [-0.25, -0.2) is 0 Å². The molecule has 1 amide bonds. The summed E-state index contributed by atoms with van der Waals surface area (Å²) in [6.07, 6.45) is 4.69. The first-order chi connectivity index (χ1) is 12.4. The first kappa shape index (κ1) is 19.5. The number of non-ortho nitro benzene ring substituents is 1. The summed E-state index contributed by atoms with van der Waals surface area (Å²) in [6, 6.07) is 4.52. The van der Waals surface area contributed by atoms with Crippen LogP contribution in [0.5, 0.6) is 0 Å². The summed E-state index contributed by atoms with van der Waals surface area (Å²) in [5.41, 5.74) is 0.428. The lowest BCUT2D eigenvalue weighted by Crippen LogP contribution is -2.45. The van der Waals surface area contributed by atoms with Crippen LogP contribution in [0.15, 0.2) is 18.2 Å². The lowest BCUT2D eigenvalue weighted by Gasteiger charge is -2.38. The van der Waals surface area contributed by atoms with Crippen molar-refractivity contribution < 1.29 is 9.72 Å². The molecule has 0 saturated carbocycles. The fourth-order valence-corrected chi connectivity index (χ4v) is 4.54. The third-order valence-corrected chi connectivity index (χ3v) is 6.53. The third kappa shape index (κ3) is 4.73. The van der Waals surface area contributed by atoms with E-state index in [0.717, 1.165) is 55.1 Å². The molecule has 1 atom stereocenters. The minimum Gasteiger partial charge on any atom is -0.338 e. The largest absolute Gasteiger partial charge is 0.338 e. The lowest BCUT2D eigenvalue weighted by atomic mass is 9.94. The summed E-state index contributed by atoms with van der Waals surface area (Å²) >= 11 is 2.09. The van der Waals surface area contributed by atoms with Gasteiger partial charge in [0.15, 0.2) is 0 Å². The second kappa shape index (κ2) is 8.65. The maximum absolute atomic E-state index is 13.0. The molecule has 0 aromatic heterocycles. The van der Waals surface area contributed by atoms with Gasteiger partial charge in [-0.15, -0.1) is 0 Å². The van der Waals surface area contributed by atoms with Gasteiger partial charge in [-0.1, -0.05) is 6.92 Å². The van der Waals surface area contributed by atoms with E-state index in [1.54, 1.807) is 6.07 Å².